The highest BCUT2D eigenvalue weighted by molar-refractivity contribution is 6.35. The molecule has 0 bridgehead atoms. The number of para-hydroxylation sites is 1. The van der Waals surface area contributed by atoms with E-state index in [4.69, 9.17) is 23.2 Å². The number of hydrogen-bond acceptors (Lipinski definition) is 3. The summed E-state index contributed by atoms with van der Waals surface area (Å²) in [4.78, 5) is 25.6. The number of carbonyl (C=O) groups is 2. The quantitative estimate of drug-likeness (QED) is 0.731. The molecule has 3 rings (SSSR count). The summed E-state index contributed by atoms with van der Waals surface area (Å²) in [6.07, 6.45) is 0.165. The van der Waals surface area contributed by atoms with Gasteiger partial charge in [-0.2, -0.15) is 0 Å². The summed E-state index contributed by atoms with van der Waals surface area (Å²) in [6, 6.07) is 10.5. The normalized spacial score (nSPS) is 18.4. The van der Waals surface area contributed by atoms with E-state index >= 15 is 0 Å². The Morgan fingerprint density at radius 3 is 2.58 bits per heavy atom. The van der Waals surface area contributed by atoms with Crippen molar-refractivity contribution < 1.29 is 14.7 Å². The number of amides is 2. The smallest absolute Gasteiger partial charge is 0.326 e. The number of nitrogens with one attached hydrogen (secondary N) is 2. The van der Waals surface area contributed by atoms with E-state index in [0.29, 0.717) is 21.3 Å². The van der Waals surface area contributed by atoms with Crippen molar-refractivity contribution in [2.75, 3.05) is 17.3 Å². The molecule has 2 aromatic rings. The van der Waals surface area contributed by atoms with Gasteiger partial charge in [-0.25, -0.2) is 9.59 Å². The number of carboxylic acid groups (broad SMARTS) is 1. The molecule has 2 aromatic carbocycles. The van der Waals surface area contributed by atoms with Crippen LogP contribution in [0.3, 0.4) is 0 Å². The van der Waals surface area contributed by atoms with E-state index in [1.807, 2.05) is 30.3 Å². The fourth-order valence-electron chi connectivity index (χ4n) is 2.97. The summed E-state index contributed by atoms with van der Waals surface area (Å²) in [5.74, 6) is -1.01. The molecule has 0 saturated heterocycles. The molecule has 6 nitrogen and oxygen atoms in total. The summed E-state index contributed by atoms with van der Waals surface area (Å²) in [7, 11) is 1.64. The number of carbonyl (C=O) groups excluding carboxylic acids is 1. The Hall–Kier alpha value is -2.44. The third-order valence-corrected chi connectivity index (χ3v) is 4.82. The van der Waals surface area contributed by atoms with E-state index in [1.165, 1.54) is 4.90 Å². The van der Waals surface area contributed by atoms with E-state index in [-0.39, 0.29) is 12.5 Å². The van der Waals surface area contributed by atoms with Gasteiger partial charge in [-0.3, -0.25) is 4.90 Å². The van der Waals surface area contributed by atoms with E-state index in [9.17, 15) is 14.7 Å². The van der Waals surface area contributed by atoms with Crippen molar-refractivity contribution in [1.82, 2.24) is 5.32 Å². The topological polar surface area (TPSA) is 81.7 Å². The third kappa shape index (κ3) is 3.71. The van der Waals surface area contributed by atoms with Crippen LogP contribution in [0.1, 0.15) is 18.0 Å². The Labute approximate surface area is 160 Å². The maximum atomic E-state index is 12.7. The van der Waals surface area contributed by atoms with Crippen molar-refractivity contribution in [2.24, 2.45) is 0 Å². The predicted octanol–water partition coefficient (Wildman–Crippen LogP) is 4.15. The number of aliphatic carboxylic acids is 1. The number of nitrogens with zero attached hydrogens (tertiary/aromatic N) is 1. The van der Waals surface area contributed by atoms with Crippen LogP contribution in [0.4, 0.5) is 16.2 Å². The fraction of sp³-hybridized carbons (Fsp3) is 0.222. The first kappa shape index (κ1) is 18.4. The lowest BCUT2D eigenvalue weighted by atomic mass is 9.93. The van der Waals surface area contributed by atoms with Gasteiger partial charge in [0.25, 0.3) is 0 Å². The van der Waals surface area contributed by atoms with E-state index in [1.54, 1.807) is 19.2 Å². The van der Waals surface area contributed by atoms with Crippen LogP contribution in [0.25, 0.3) is 0 Å². The van der Waals surface area contributed by atoms with Crippen LogP contribution in [0.5, 0.6) is 0 Å². The predicted molar refractivity (Wildman–Crippen MR) is 102 cm³/mol. The standard InChI is InChI=1S/C18H17Cl2N3O3/c1-23(11-5-3-2-4-6-11)18(26)22-14-9-15(17(24)25)21-13-8-10(19)7-12(20)16(13)14/h2-8,14-15,21H,9H2,1H3,(H,22,26)(H,24,25). The number of benzene rings is 2. The third-order valence-electron chi connectivity index (χ3n) is 4.29. The zero-order chi connectivity index (χ0) is 18.8. The zero-order valence-electron chi connectivity index (χ0n) is 13.9. The van der Waals surface area contributed by atoms with Gasteiger partial charge < -0.3 is 15.7 Å². The van der Waals surface area contributed by atoms with Crippen LogP contribution in [-0.4, -0.2) is 30.2 Å². The highest BCUT2D eigenvalue weighted by atomic mass is 35.5. The Morgan fingerprint density at radius 2 is 1.92 bits per heavy atom. The summed E-state index contributed by atoms with van der Waals surface area (Å²) in [5.41, 5.74) is 1.85. The minimum atomic E-state index is -1.01. The molecule has 0 radical (unpaired) electrons. The van der Waals surface area contributed by atoms with Crippen molar-refractivity contribution in [3.8, 4) is 0 Å². The summed E-state index contributed by atoms with van der Waals surface area (Å²) >= 11 is 12.3. The molecule has 0 aliphatic carbocycles. The molecule has 0 saturated carbocycles. The largest absolute Gasteiger partial charge is 0.480 e. The maximum Gasteiger partial charge on any atom is 0.326 e. The van der Waals surface area contributed by atoms with Gasteiger partial charge in [0.2, 0.25) is 0 Å². The second kappa shape index (κ2) is 7.43. The highest BCUT2D eigenvalue weighted by Crippen LogP contribution is 2.40. The minimum absolute atomic E-state index is 0.165. The lowest BCUT2D eigenvalue weighted by Crippen LogP contribution is -2.45. The van der Waals surface area contributed by atoms with Crippen molar-refractivity contribution in [1.29, 1.82) is 0 Å². The molecule has 0 spiro atoms. The molecule has 1 aliphatic rings. The van der Waals surface area contributed by atoms with Crippen molar-refractivity contribution >= 4 is 46.6 Å². The van der Waals surface area contributed by atoms with Gasteiger partial charge in [-0.15, -0.1) is 0 Å². The molecular weight excluding hydrogens is 377 g/mol. The molecule has 26 heavy (non-hydrogen) atoms. The summed E-state index contributed by atoms with van der Waals surface area (Å²) in [6.45, 7) is 0. The van der Waals surface area contributed by atoms with Crippen molar-refractivity contribution in [3.05, 3.63) is 58.1 Å². The minimum Gasteiger partial charge on any atom is -0.480 e. The van der Waals surface area contributed by atoms with Crippen molar-refractivity contribution in [3.63, 3.8) is 0 Å². The van der Waals surface area contributed by atoms with Gasteiger partial charge >= 0.3 is 12.0 Å². The summed E-state index contributed by atoms with van der Waals surface area (Å²) < 4.78 is 0. The average molecular weight is 394 g/mol. The lowest BCUT2D eigenvalue weighted by molar-refractivity contribution is -0.138. The first-order valence-electron chi connectivity index (χ1n) is 7.94. The Kier molecular flexibility index (Phi) is 5.25. The Balaban J connectivity index is 1.89. The van der Waals surface area contributed by atoms with Gasteiger partial charge in [0.05, 0.1) is 6.04 Å². The van der Waals surface area contributed by atoms with E-state index in [2.05, 4.69) is 10.6 Å². The van der Waals surface area contributed by atoms with Crippen LogP contribution >= 0.6 is 23.2 Å². The SMILES string of the molecule is CN(C(=O)NC1CC(C(=O)O)Nc2cc(Cl)cc(Cl)c21)c1ccccc1. The number of anilines is 2. The molecule has 1 heterocycles. The highest BCUT2D eigenvalue weighted by Gasteiger charge is 2.34. The number of halogens is 2. The number of carboxylic acids is 1. The molecule has 0 fully saturated rings. The summed E-state index contributed by atoms with van der Waals surface area (Å²) in [5, 5.41) is 15.9. The number of hydrogen-bond donors (Lipinski definition) is 3. The number of urea groups is 1. The van der Waals surface area contributed by atoms with Crippen LogP contribution < -0.4 is 15.5 Å². The first-order valence-corrected chi connectivity index (χ1v) is 8.70. The number of fused-ring (bicyclic) bond motifs is 1. The molecule has 3 N–H and O–H groups in total. The van der Waals surface area contributed by atoms with Crippen LogP contribution in [0.15, 0.2) is 42.5 Å². The second-order valence-corrected chi connectivity index (χ2v) is 6.86. The second-order valence-electron chi connectivity index (χ2n) is 6.02. The van der Waals surface area contributed by atoms with Crippen LogP contribution in [-0.2, 0) is 4.79 Å². The van der Waals surface area contributed by atoms with Gasteiger partial charge in [-0.1, -0.05) is 41.4 Å². The molecular formula is C18H17Cl2N3O3. The Bertz CT molecular complexity index is 845. The maximum absolute atomic E-state index is 12.7. The fourth-order valence-corrected chi connectivity index (χ4v) is 3.59. The van der Waals surface area contributed by atoms with Crippen LogP contribution in [0, 0.1) is 0 Å². The van der Waals surface area contributed by atoms with Gasteiger partial charge in [0.15, 0.2) is 0 Å². The van der Waals surface area contributed by atoms with Crippen LogP contribution in [0.2, 0.25) is 10.0 Å². The van der Waals surface area contributed by atoms with Gasteiger partial charge in [-0.05, 0) is 24.3 Å². The van der Waals surface area contributed by atoms with E-state index < -0.39 is 18.1 Å². The monoisotopic (exact) mass is 393 g/mol. The van der Waals surface area contributed by atoms with Crippen molar-refractivity contribution in [2.45, 2.75) is 18.5 Å². The number of rotatable bonds is 3. The lowest BCUT2D eigenvalue weighted by Gasteiger charge is -2.33. The molecule has 2 atom stereocenters. The molecule has 8 heteroatoms. The molecule has 0 aromatic heterocycles. The van der Waals surface area contributed by atoms with Gasteiger partial charge in [0, 0.05) is 40.5 Å². The average Bonchev–Trinajstić information content (AvgIpc) is 2.60. The van der Waals surface area contributed by atoms with E-state index in [0.717, 1.165) is 5.69 Å². The zero-order valence-corrected chi connectivity index (χ0v) is 15.4. The molecule has 136 valence electrons. The molecule has 2 unspecified atom stereocenters. The molecule has 2 amide bonds. The Morgan fingerprint density at radius 1 is 1.23 bits per heavy atom. The van der Waals surface area contributed by atoms with Gasteiger partial charge in [0.1, 0.15) is 6.04 Å². The molecule has 1 aliphatic heterocycles. The first-order chi connectivity index (χ1) is 12.4.